The lowest BCUT2D eigenvalue weighted by Gasteiger charge is -2.21. The molecule has 2 aromatic rings. The molecule has 0 aromatic heterocycles. The summed E-state index contributed by atoms with van der Waals surface area (Å²) in [5, 5.41) is 1.92. The van der Waals surface area contributed by atoms with Gasteiger partial charge in [-0.15, -0.1) is 0 Å². The monoisotopic (exact) mass is 398 g/mol. The zero-order valence-corrected chi connectivity index (χ0v) is 15.5. The standard InChI is InChI=1S/C19H18ClF3N2O2/c1-12-4-3-5-14(8-12)10-25(13(2)26)11-18(27)24-15-6-7-17(20)16(9-15)19(21,22)23/h3-9H,10-11H2,1-2H3,(H,24,27). The van der Waals surface area contributed by atoms with Crippen molar-refractivity contribution in [2.45, 2.75) is 26.6 Å². The third-order valence-corrected chi connectivity index (χ3v) is 4.12. The number of anilines is 1. The Morgan fingerprint density at radius 2 is 1.85 bits per heavy atom. The SMILES string of the molecule is CC(=O)N(CC(=O)Nc1ccc(Cl)c(C(F)(F)F)c1)Cc1cccc(C)c1. The van der Waals surface area contributed by atoms with Crippen molar-refractivity contribution in [1.29, 1.82) is 0 Å². The summed E-state index contributed by atoms with van der Waals surface area (Å²) in [6.07, 6.45) is -4.63. The molecular weight excluding hydrogens is 381 g/mol. The lowest BCUT2D eigenvalue weighted by molar-refractivity contribution is -0.137. The molecule has 0 radical (unpaired) electrons. The van der Waals surface area contributed by atoms with E-state index >= 15 is 0 Å². The van der Waals surface area contributed by atoms with E-state index in [1.165, 1.54) is 17.9 Å². The van der Waals surface area contributed by atoms with E-state index in [2.05, 4.69) is 5.32 Å². The Bertz CT molecular complexity index is 853. The smallest absolute Gasteiger partial charge is 0.329 e. The van der Waals surface area contributed by atoms with Gasteiger partial charge in [-0.05, 0) is 30.7 Å². The number of hydrogen-bond donors (Lipinski definition) is 1. The molecule has 0 saturated heterocycles. The van der Waals surface area contributed by atoms with Gasteiger partial charge in [0, 0.05) is 19.2 Å². The number of alkyl halides is 3. The average molecular weight is 399 g/mol. The molecule has 2 amide bonds. The molecule has 1 N–H and O–H groups in total. The number of amides is 2. The zero-order valence-electron chi connectivity index (χ0n) is 14.7. The van der Waals surface area contributed by atoms with Gasteiger partial charge in [-0.25, -0.2) is 0 Å². The number of nitrogens with zero attached hydrogens (tertiary/aromatic N) is 1. The molecule has 0 spiro atoms. The lowest BCUT2D eigenvalue weighted by Crippen LogP contribution is -2.36. The summed E-state index contributed by atoms with van der Waals surface area (Å²) in [6, 6.07) is 10.6. The highest BCUT2D eigenvalue weighted by Crippen LogP contribution is 2.36. The van der Waals surface area contributed by atoms with Gasteiger partial charge in [0.15, 0.2) is 0 Å². The van der Waals surface area contributed by atoms with Gasteiger partial charge in [-0.2, -0.15) is 13.2 Å². The van der Waals surface area contributed by atoms with Crippen LogP contribution in [0.5, 0.6) is 0 Å². The first-order valence-electron chi connectivity index (χ1n) is 8.04. The number of benzene rings is 2. The van der Waals surface area contributed by atoms with Crippen LogP contribution in [0.25, 0.3) is 0 Å². The van der Waals surface area contributed by atoms with Gasteiger partial charge in [0.2, 0.25) is 11.8 Å². The maximum absolute atomic E-state index is 12.9. The summed E-state index contributed by atoms with van der Waals surface area (Å²) in [4.78, 5) is 25.4. The molecule has 0 aliphatic rings. The van der Waals surface area contributed by atoms with Crippen molar-refractivity contribution >= 4 is 29.1 Å². The van der Waals surface area contributed by atoms with Crippen LogP contribution in [0.3, 0.4) is 0 Å². The highest BCUT2D eigenvalue weighted by atomic mass is 35.5. The van der Waals surface area contributed by atoms with Gasteiger partial charge >= 0.3 is 6.18 Å². The van der Waals surface area contributed by atoms with E-state index in [4.69, 9.17) is 11.6 Å². The van der Waals surface area contributed by atoms with E-state index < -0.39 is 22.7 Å². The molecule has 0 unspecified atom stereocenters. The first-order chi connectivity index (χ1) is 12.6. The normalized spacial score (nSPS) is 11.2. The molecule has 4 nitrogen and oxygen atoms in total. The molecule has 2 rings (SSSR count). The van der Waals surface area contributed by atoms with Crippen LogP contribution in [0.15, 0.2) is 42.5 Å². The molecule has 0 aliphatic heterocycles. The number of carbonyl (C=O) groups excluding carboxylic acids is 2. The van der Waals surface area contributed by atoms with Crippen molar-refractivity contribution in [2.24, 2.45) is 0 Å². The van der Waals surface area contributed by atoms with Crippen molar-refractivity contribution < 1.29 is 22.8 Å². The maximum Gasteiger partial charge on any atom is 0.417 e. The summed E-state index contributed by atoms with van der Waals surface area (Å²) in [7, 11) is 0. The molecule has 0 fully saturated rings. The van der Waals surface area contributed by atoms with Gasteiger partial charge in [0.1, 0.15) is 6.54 Å². The Hall–Kier alpha value is -2.54. The maximum atomic E-state index is 12.9. The van der Waals surface area contributed by atoms with Gasteiger partial charge in [0.25, 0.3) is 0 Å². The van der Waals surface area contributed by atoms with Crippen LogP contribution in [0.2, 0.25) is 5.02 Å². The van der Waals surface area contributed by atoms with E-state index in [9.17, 15) is 22.8 Å². The topological polar surface area (TPSA) is 49.4 Å². The molecule has 0 saturated carbocycles. The van der Waals surface area contributed by atoms with E-state index in [1.54, 1.807) is 0 Å². The minimum Gasteiger partial charge on any atom is -0.329 e. The molecule has 27 heavy (non-hydrogen) atoms. The Labute approximate surface area is 159 Å². The molecule has 0 bridgehead atoms. The predicted octanol–water partition coefficient (Wildman–Crippen LogP) is 4.65. The van der Waals surface area contributed by atoms with Crippen molar-refractivity contribution in [3.8, 4) is 0 Å². The van der Waals surface area contributed by atoms with Crippen LogP contribution in [-0.2, 0) is 22.3 Å². The third kappa shape index (κ3) is 5.99. The number of rotatable bonds is 5. The summed E-state index contributed by atoms with van der Waals surface area (Å²) in [5.74, 6) is -0.924. The van der Waals surface area contributed by atoms with Crippen molar-refractivity contribution in [2.75, 3.05) is 11.9 Å². The second-order valence-corrected chi connectivity index (χ2v) is 6.51. The van der Waals surface area contributed by atoms with Gasteiger partial charge in [-0.1, -0.05) is 41.4 Å². The average Bonchev–Trinajstić information content (AvgIpc) is 2.55. The van der Waals surface area contributed by atoms with Crippen LogP contribution < -0.4 is 5.32 Å². The summed E-state index contributed by atoms with van der Waals surface area (Å²) in [5.41, 5.74) is 0.783. The quantitative estimate of drug-likeness (QED) is 0.796. The van der Waals surface area contributed by atoms with E-state index in [0.717, 1.165) is 23.3 Å². The van der Waals surface area contributed by atoms with Crippen LogP contribution >= 0.6 is 11.6 Å². The van der Waals surface area contributed by atoms with Gasteiger partial charge < -0.3 is 10.2 Å². The molecule has 0 atom stereocenters. The highest BCUT2D eigenvalue weighted by molar-refractivity contribution is 6.31. The van der Waals surface area contributed by atoms with Crippen molar-refractivity contribution in [1.82, 2.24) is 4.90 Å². The second-order valence-electron chi connectivity index (χ2n) is 6.10. The first kappa shape index (κ1) is 20.8. The van der Waals surface area contributed by atoms with E-state index in [1.807, 2.05) is 31.2 Å². The van der Waals surface area contributed by atoms with Crippen molar-refractivity contribution in [3.63, 3.8) is 0 Å². The molecule has 0 aliphatic carbocycles. The van der Waals surface area contributed by atoms with Crippen LogP contribution in [-0.4, -0.2) is 23.3 Å². The number of hydrogen-bond acceptors (Lipinski definition) is 2. The van der Waals surface area contributed by atoms with Crippen LogP contribution in [0.1, 0.15) is 23.6 Å². The molecule has 0 heterocycles. The Balaban J connectivity index is 2.09. The minimum absolute atomic E-state index is 0.0456. The van der Waals surface area contributed by atoms with Crippen LogP contribution in [0.4, 0.5) is 18.9 Å². The minimum atomic E-state index is -4.63. The van der Waals surface area contributed by atoms with Gasteiger partial charge in [0.05, 0.1) is 10.6 Å². The zero-order chi connectivity index (χ0) is 20.2. The fourth-order valence-corrected chi connectivity index (χ4v) is 2.73. The molecule has 144 valence electrons. The summed E-state index contributed by atoms with van der Waals surface area (Å²) >= 11 is 5.56. The summed E-state index contributed by atoms with van der Waals surface area (Å²) in [6.45, 7) is 3.17. The largest absolute Gasteiger partial charge is 0.417 e. The number of carbonyl (C=O) groups is 2. The van der Waals surface area contributed by atoms with E-state index in [-0.39, 0.29) is 24.7 Å². The Kier molecular flexibility index (Phi) is 6.49. The lowest BCUT2D eigenvalue weighted by atomic mass is 10.1. The number of aryl methyl sites for hydroxylation is 1. The number of halogens is 4. The number of nitrogens with one attached hydrogen (secondary N) is 1. The summed E-state index contributed by atoms with van der Waals surface area (Å²) < 4.78 is 38.7. The molecule has 8 heteroatoms. The third-order valence-electron chi connectivity index (χ3n) is 3.79. The molecule has 2 aromatic carbocycles. The Morgan fingerprint density at radius 1 is 1.15 bits per heavy atom. The fraction of sp³-hybridized carbons (Fsp3) is 0.263. The second kappa shape index (κ2) is 8.43. The van der Waals surface area contributed by atoms with Crippen molar-refractivity contribution in [3.05, 3.63) is 64.2 Å². The first-order valence-corrected chi connectivity index (χ1v) is 8.41. The van der Waals surface area contributed by atoms with Gasteiger partial charge in [-0.3, -0.25) is 9.59 Å². The fourth-order valence-electron chi connectivity index (χ4n) is 2.50. The Morgan fingerprint density at radius 3 is 2.44 bits per heavy atom. The highest BCUT2D eigenvalue weighted by Gasteiger charge is 2.33. The molecular formula is C19H18ClF3N2O2. The predicted molar refractivity (Wildman–Crippen MR) is 97.4 cm³/mol. The van der Waals surface area contributed by atoms with E-state index in [0.29, 0.717) is 0 Å². The van der Waals surface area contributed by atoms with Crippen LogP contribution in [0, 0.1) is 6.92 Å².